The number of carbonyl (C=O) groups is 1. The van der Waals surface area contributed by atoms with E-state index < -0.39 is 5.54 Å². The maximum absolute atomic E-state index is 11.6. The van der Waals surface area contributed by atoms with Crippen molar-refractivity contribution in [2.24, 2.45) is 10.3 Å². The molecule has 1 fully saturated rings. The van der Waals surface area contributed by atoms with Crippen LogP contribution in [0.3, 0.4) is 0 Å². The minimum Gasteiger partial charge on any atom is -0.464 e. The number of carbonyl (C=O) groups excluding carboxylic acids is 1. The lowest BCUT2D eigenvalue weighted by Gasteiger charge is -2.17. The van der Waals surface area contributed by atoms with Crippen LogP contribution >= 0.6 is 0 Å². The van der Waals surface area contributed by atoms with Crippen LogP contribution in [0, 0.1) is 6.92 Å². The van der Waals surface area contributed by atoms with E-state index in [9.17, 15) is 4.79 Å². The van der Waals surface area contributed by atoms with Crippen molar-refractivity contribution in [1.29, 1.82) is 0 Å². The van der Waals surface area contributed by atoms with Gasteiger partial charge in [-0.15, -0.1) is 5.11 Å². The van der Waals surface area contributed by atoms with Gasteiger partial charge in [0.15, 0.2) is 0 Å². The quantitative estimate of drug-likeness (QED) is 0.693. The molecule has 17 heavy (non-hydrogen) atoms. The predicted molar refractivity (Wildman–Crippen MR) is 61.7 cm³/mol. The highest BCUT2D eigenvalue weighted by atomic mass is 16.5. The molecule has 3 rings (SSSR count). The summed E-state index contributed by atoms with van der Waals surface area (Å²) in [5, 5.41) is 9.94. The van der Waals surface area contributed by atoms with Gasteiger partial charge >= 0.3 is 5.97 Å². The Kier molecular flexibility index (Phi) is 2.14. The van der Waals surface area contributed by atoms with Crippen LogP contribution in [0.2, 0.25) is 0 Å². The molecule has 5 heteroatoms. The Morgan fingerprint density at radius 2 is 2.12 bits per heavy atom. The zero-order chi connectivity index (χ0) is 11.9. The standard InChI is InChI=1S/C12H13N3O2/c1-9-2-4-10(5-3-9)15-8-12(13-14-15)6-7-17-11(12)16/h2-5H,6-8H2,1H3. The Morgan fingerprint density at radius 1 is 1.35 bits per heavy atom. The topological polar surface area (TPSA) is 54.3 Å². The summed E-state index contributed by atoms with van der Waals surface area (Å²) in [6.45, 7) is 2.96. The summed E-state index contributed by atoms with van der Waals surface area (Å²) in [6.07, 6.45) is 0.623. The number of hydrogen-bond donors (Lipinski definition) is 0. The lowest BCUT2D eigenvalue weighted by molar-refractivity contribution is -0.141. The molecule has 1 aromatic carbocycles. The van der Waals surface area contributed by atoms with Gasteiger partial charge in [-0.3, -0.25) is 0 Å². The van der Waals surface area contributed by atoms with E-state index in [-0.39, 0.29) is 5.97 Å². The highest BCUT2D eigenvalue weighted by Crippen LogP contribution is 2.33. The summed E-state index contributed by atoms with van der Waals surface area (Å²) in [5.41, 5.74) is 1.39. The van der Waals surface area contributed by atoms with Gasteiger partial charge in [0.05, 0.1) is 18.8 Å². The average molecular weight is 231 g/mol. The van der Waals surface area contributed by atoms with Crippen molar-refractivity contribution >= 4 is 11.7 Å². The summed E-state index contributed by atoms with van der Waals surface area (Å²) >= 11 is 0. The second-order valence-corrected chi connectivity index (χ2v) is 4.50. The number of rotatable bonds is 1. The molecular formula is C12H13N3O2. The molecule has 5 nitrogen and oxygen atoms in total. The van der Waals surface area contributed by atoms with Crippen molar-refractivity contribution in [3.63, 3.8) is 0 Å². The fraction of sp³-hybridized carbons (Fsp3) is 0.417. The van der Waals surface area contributed by atoms with Gasteiger partial charge in [0.2, 0.25) is 5.54 Å². The van der Waals surface area contributed by atoms with Crippen LogP contribution in [0.25, 0.3) is 0 Å². The second kappa shape index (κ2) is 3.55. The first-order chi connectivity index (χ1) is 8.20. The van der Waals surface area contributed by atoms with Crippen LogP contribution in [-0.2, 0) is 9.53 Å². The van der Waals surface area contributed by atoms with E-state index >= 15 is 0 Å². The fourth-order valence-corrected chi connectivity index (χ4v) is 2.09. The van der Waals surface area contributed by atoms with Gasteiger partial charge in [-0.25, -0.2) is 9.80 Å². The van der Waals surface area contributed by atoms with E-state index in [1.807, 2.05) is 31.2 Å². The van der Waals surface area contributed by atoms with E-state index in [1.165, 1.54) is 5.56 Å². The monoisotopic (exact) mass is 231 g/mol. The predicted octanol–water partition coefficient (Wildman–Crippen LogP) is 1.87. The average Bonchev–Trinajstić information content (AvgIpc) is 2.90. The molecule has 0 saturated carbocycles. The first-order valence-corrected chi connectivity index (χ1v) is 5.64. The maximum Gasteiger partial charge on any atom is 0.338 e. The third-order valence-electron chi connectivity index (χ3n) is 3.22. The number of esters is 1. The molecule has 0 radical (unpaired) electrons. The van der Waals surface area contributed by atoms with Crippen molar-refractivity contribution in [3.8, 4) is 0 Å². The van der Waals surface area contributed by atoms with E-state index in [0.717, 1.165) is 5.69 Å². The summed E-state index contributed by atoms with van der Waals surface area (Å²) in [7, 11) is 0. The van der Waals surface area contributed by atoms with Gasteiger partial charge in [-0.05, 0) is 19.1 Å². The Morgan fingerprint density at radius 3 is 2.76 bits per heavy atom. The van der Waals surface area contributed by atoms with Gasteiger partial charge in [-0.1, -0.05) is 22.9 Å². The van der Waals surface area contributed by atoms with Gasteiger partial charge in [-0.2, -0.15) is 0 Å². The normalized spacial score (nSPS) is 26.9. The highest BCUT2D eigenvalue weighted by molar-refractivity contribution is 5.84. The fourth-order valence-electron chi connectivity index (χ4n) is 2.09. The van der Waals surface area contributed by atoms with Gasteiger partial charge in [0.1, 0.15) is 0 Å². The van der Waals surface area contributed by atoms with Crippen molar-refractivity contribution in [2.45, 2.75) is 18.9 Å². The molecule has 2 aliphatic rings. The molecule has 0 aliphatic carbocycles. The van der Waals surface area contributed by atoms with Crippen LogP contribution in [0.4, 0.5) is 5.69 Å². The third kappa shape index (κ3) is 1.58. The number of hydrogen-bond acceptors (Lipinski definition) is 5. The molecule has 1 unspecified atom stereocenters. The molecule has 0 N–H and O–H groups in total. The van der Waals surface area contributed by atoms with Gasteiger partial charge in [0, 0.05) is 6.42 Å². The largest absolute Gasteiger partial charge is 0.464 e. The molecule has 1 saturated heterocycles. The lowest BCUT2D eigenvalue weighted by atomic mass is 9.99. The minimum atomic E-state index is -0.759. The number of ether oxygens (including phenoxy) is 1. The second-order valence-electron chi connectivity index (χ2n) is 4.50. The first-order valence-electron chi connectivity index (χ1n) is 5.64. The Labute approximate surface area is 99.1 Å². The van der Waals surface area contributed by atoms with E-state index in [0.29, 0.717) is 19.6 Å². The number of benzene rings is 1. The van der Waals surface area contributed by atoms with Crippen LogP contribution in [0.5, 0.6) is 0 Å². The molecule has 2 heterocycles. The number of nitrogens with zero attached hydrogens (tertiary/aromatic N) is 3. The van der Waals surface area contributed by atoms with Crippen molar-refractivity contribution in [1.82, 2.24) is 0 Å². The van der Waals surface area contributed by atoms with E-state index in [1.54, 1.807) is 5.01 Å². The first kappa shape index (κ1) is 10.3. The summed E-state index contributed by atoms with van der Waals surface area (Å²) in [6, 6.07) is 7.99. The molecule has 0 aromatic heterocycles. The zero-order valence-electron chi connectivity index (χ0n) is 9.59. The molecule has 1 spiro atoms. The maximum atomic E-state index is 11.6. The van der Waals surface area contributed by atoms with Gasteiger partial charge in [0.25, 0.3) is 0 Å². The molecule has 1 aromatic rings. The number of cyclic esters (lactones) is 1. The van der Waals surface area contributed by atoms with Crippen molar-refractivity contribution < 1.29 is 9.53 Å². The van der Waals surface area contributed by atoms with Crippen LogP contribution in [0.15, 0.2) is 34.6 Å². The number of aryl methyl sites for hydroxylation is 1. The van der Waals surface area contributed by atoms with Crippen molar-refractivity contribution in [2.75, 3.05) is 18.2 Å². The Hall–Kier alpha value is -1.91. The lowest BCUT2D eigenvalue weighted by Crippen LogP contribution is -2.38. The molecule has 2 aliphatic heterocycles. The van der Waals surface area contributed by atoms with E-state index in [2.05, 4.69) is 10.3 Å². The molecular weight excluding hydrogens is 218 g/mol. The van der Waals surface area contributed by atoms with Crippen LogP contribution in [-0.4, -0.2) is 24.7 Å². The molecule has 88 valence electrons. The summed E-state index contributed by atoms with van der Waals surface area (Å²) in [5.74, 6) is -0.254. The zero-order valence-corrected chi connectivity index (χ0v) is 9.59. The van der Waals surface area contributed by atoms with Crippen LogP contribution in [0.1, 0.15) is 12.0 Å². The summed E-state index contributed by atoms with van der Waals surface area (Å²) in [4.78, 5) is 11.6. The molecule has 0 bridgehead atoms. The summed E-state index contributed by atoms with van der Waals surface area (Å²) < 4.78 is 4.97. The molecule has 0 amide bonds. The Bertz CT molecular complexity index is 483. The molecule has 1 atom stereocenters. The Balaban J connectivity index is 1.83. The van der Waals surface area contributed by atoms with Gasteiger partial charge < -0.3 is 4.74 Å². The third-order valence-corrected chi connectivity index (χ3v) is 3.22. The smallest absolute Gasteiger partial charge is 0.338 e. The number of anilines is 1. The SMILES string of the molecule is Cc1ccc(N2CC3(CCOC3=O)N=N2)cc1. The van der Waals surface area contributed by atoms with Crippen LogP contribution < -0.4 is 5.01 Å². The minimum absolute atomic E-state index is 0.254. The van der Waals surface area contributed by atoms with Crippen molar-refractivity contribution in [3.05, 3.63) is 29.8 Å². The highest BCUT2D eigenvalue weighted by Gasteiger charge is 2.50. The van der Waals surface area contributed by atoms with E-state index in [4.69, 9.17) is 4.74 Å².